The van der Waals surface area contributed by atoms with E-state index >= 15 is 0 Å². The van der Waals surface area contributed by atoms with Crippen molar-refractivity contribution in [3.8, 4) is 0 Å². The number of sulfonamides is 1. The topological polar surface area (TPSA) is 75.3 Å². The Morgan fingerprint density at radius 3 is 2.36 bits per heavy atom. The minimum atomic E-state index is -3.97. The molecule has 0 aliphatic heterocycles. The number of benzene rings is 3. The van der Waals surface area contributed by atoms with Crippen LogP contribution < -0.4 is 10.0 Å². The summed E-state index contributed by atoms with van der Waals surface area (Å²) in [5.74, 6) is -0.358. The maximum Gasteiger partial charge on any atom is 0.263 e. The molecule has 1 amide bonds. The standard InChI is InChI=1S/C26H27ClN2O3S/c1-17-7-12-23(13-8-17)29-33(31,32)25-16-22(11-14-24(25)27)26(30)28-18(2)20-10-9-19-5-3-4-6-21(19)15-20/h7-16,18,29H,3-6H2,1-2H3,(H,28,30)/t18-/m1/s1. The lowest BCUT2D eigenvalue weighted by molar-refractivity contribution is 0.0939. The number of carbonyl (C=O) groups is 1. The number of fused-ring (bicyclic) bond motifs is 1. The van der Waals surface area contributed by atoms with E-state index in [9.17, 15) is 13.2 Å². The van der Waals surface area contributed by atoms with Gasteiger partial charge < -0.3 is 5.32 Å². The van der Waals surface area contributed by atoms with Gasteiger partial charge in [0.1, 0.15) is 4.90 Å². The van der Waals surface area contributed by atoms with Crippen LogP contribution in [0.2, 0.25) is 5.02 Å². The van der Waals surface area contributed by atoms with Crippen LogP contribution in [0.5, 0.6) is 0 Å². The van der Waals surface area contributed by atoms with Crippen LogP contribution in [0.25, 0.3) is 0 Å². The monoisotopic (exact) mass is 482 g/mol. The van der Waals surface area contributed by atoms with E-state index < -0.39 is 10.0 Å². The third kappa shape index (κ3) is 5.40. The van der Waals surface area contributed by atoms with E-state index in [1.165, 1.54) is 42.2 Å². The predicted octanol–water partition coefficient (Wildman–Crippen LogP) is 5.82. The average molecular weight is 483 g/mol. The second-order valence-corrected chi connectivity index (χ2v) is 10.6. The van der Waals surface area contributed by atoms with Crippen LogP contribution in [0.1, 0.15) is 58.4 Å². The Bertz CT molecular complexity index is 1290. The van der Waals surface area contributed by atoms with Crippen LogP contribution in [-0.4, -0.2) is 14.3 Å². The quantitative estimate of drug-likeness (QED) is 0.465. The van der Waals surface area contributed by atoms with Crippen LogP contribution in [0.15, 0.2) is 65.6 Å². The van der Waals surface area contributed by atoms with Crippen LogP contribution in [-0.2, 0) is 22.9 Å². The van der Waals surface area contributed by atoms with Gasteiger partial charge in [-0.15, -0.1) is 0 Å². The van der Waals surface area contributed by atoms with E-state index in [0.29, 0.717) is 5.69 Å². The first-order valence-electron chi connectivity index (χ1n) is 11.0. The number of carbonyl (C=O) groups excluding carboxylic acids is 1. The first-order chi connectivity index (χ1) is 15.7. The number of anilines is 1. The maximum atomic E-state index is 12.9. The molecular formula is C26H27ClN2O3S. The summed E-state index contributed by atoms with van der Waals surface area (Å²) < 4.78 is 28.4. The average Bonchev–Trinajstić information content (AvgIpc) is 2.80. The zero-order valence-electron chi connectivity index (χ0n) is 18.7. The molecule has 1 aliphatic carbocycles. The summed E-state index contributed by atoms with van der Waals surface area (Å²) in [6.45, 7) is 3.84. The molecule has 3 aromatic carbocycles. The maximum absolute atomic E-state index is 12.9. The van der Waals surface area contributed by atoms with E-state index in [-0.39, 0.29) is 27.4 Å². The smallest absolute Gasteiger partial charge is 0.263 e. The molecule has 0 saturated carbocycles. The molecular weight excluding hydrogens is 456 g/mol. The molecule has 1 atom stereocenters. The molecule has 4 rings (SSSR count). The van der Waals surface area contributed by atoms with E-state index in [4.69, 9.17) is 11.6 Å². The highest BCUT2D eigenvalue weighted by atomic mass is 35.5. The molecule has 172 valence electrons. The Hall–Kier alpha value is -2.83. The van der Waals surface area contributed by atoms with E-state index in [1.807, 2.05) is 26.0 Å². The molecule has 1 aliphatic rings. The van der Waals surface area contributed by atoms with Crippen LogP contribution in [0, 0.1) is 6.92 Å². The molecule has 7 heteroatoms. The fraction of sp³-hybridized carbons (Fsp3) is 0.269. The van der Waals surface area contributed by atoms with E-state index in [0.717, 1.165) is 24.0 Å². The van der Waals surface area contributed by atoms with E-state index in [2.05, 4.69) is 28.2 Å². The summed E-state index contributed by atoms with van der Waals surface area (Å²) in [7, 11) is -3.97. The van der Waals surface area contributed by atoms with Crippen molar-refractivity contribution in [2.24, 2.45) is 0 Å². The van der Waals surface area contributed by atoms with Crippen molar-refractivity contribution in [1.29, 1.82) is 0 Å². The van der Waals surface area contributed by atoms with Gasteiger partial charge in [0, 0.05) is 11.3 Å². The Labute approximate surface area is 200 Å². The summed E-state index contributed by atoms with van der Waals surface area (Å²) in [6, 6.07) is 17.4. The molecule has 0 aromatic heterocycles. The third-order valence-corrected chi connectivity index (χ3v) is 7.87. The highest BCUT2D eigenvalue weighted by molar-refractivity contribution is 7.92. The minimum absolute atomic E-state index is 0.0499. The van der Waals surface area contributed by atoms with Crippen molar-refractivity contribution in [3.63, 3.8) is 0 Å². The molecule has 0 bridgehead atoms. The lowest BCUT2D eigenvalue weighted by Gasteiger charge is -2.20. The number of halogens is 1. The zero-order valence-corrected chi connectivity index (χ0v) is 20.3. The Morgan fingerprint density at radius 1 is 0.939 bits per heavy atom. The number of nitrogens with one attached hydrogen (secondary N) is 2. The fourth-order valence-corrected chi connectivity index (χ4v) is 5.65. The molecule has 5 nitrogen and oxygen atoms in total. The lowest BCUT2D eigenvalue weighted by atomic mass is 9.89. The second kappa shape index (κ2) is 9.57. The molecule has 0 heterocycles. The van der Waals surface area contributed by atoms with Gasteiger partial charge in [0.15, 0.2) is 0 Å². The highest BCUT2D eigenvalue weighted by Crippen LogP contribution is 2.27. The number of rotatable bonds is 6. The molecule has 3 aromatic rings. The van der Waals surface area contributed by atoms with Crippen LogP contribution >= 0.6 is 11.6 Å². The van der Waals surface area contributed by atoms with Crippen molar-refractivity contribution in [3.05, 3.63) is 93.5 Å². The molecule has 0 unspecified atom stereocenters. The number of hydrogen-bond donors (Lipinski definition) is 2. The molecule has 33 heavy (non-hydrogen) atoms. The van der Waals surface area contributed by atoms with Crippen molar-refractivity contribution >= 4 is 33.2 Å². The van der Waals surface area contributed by atoms with Crippen LogP contribution in [0.4, 0.5) is 5.69 Å². The number of aryl methyl sites for hydroxylation is 3. The summed E-state index contributed by atoms with van der Waals surface area (Å²) in [6.07, 6.45) is 4.58. The van der Waals surface area contributed by atoms with Crippen molar-refractivity contribution in [1.82, 2.24) is 5.32 Å². The normalized spacial score (nSPS) is 14.3. The van der Waals surface area contributed by atoms with Gasteiger partial charge in [0.25, 0.3) is 15.9 Å². The Kier molecular flexibility index (Phi) is 6.77. The van der Waals surface area contributed by atoms with Gasteiger partial charge in [-0.3, -0.25) is 9.52 Å². The van der Waals surface area contributed by atoms with E-state index in [1.54, 1.807) is 12.1 Å². The summed E-state index contributed by atoms with van der Waals surface area (Å²) in [4.78, 5) is 12.8. The van der Waals surface area contributed by atoms with Gasteiger partial charge >= 0.3 is 0 Å². The minimum Gasteiger partial charge on any atom is -0.346 e. The van der Waals surface area contributed by atoms with Crippen molar-refractivity contribution < 1.29 is 13.2 Å². The lowest BCUT2D eigenvalue weighted by Crippen LogP contribution is -2.27. The Balaban J connectivity index is 1.53. The molecule has 0 fully saturated rings. The summed E-state index contributed by atoms with van der Waals surface area (Å²) >= 11 is 6.20. The zero-order chi connectivity index (χ0) is 23.6. The summed E-state index contributed by atoms with van der Waals surface area (Å²) in [5.41, 5.74) is 5.44. The number of hydrogen-bond acceptors (Lipinski definition) is 3. The van der Waals surface area contributed by atoms with Gasteiger partial charge in [-0.2, -0.15) is 0 Å². The SMILES string of the molecule is Cc1ccc(NS(=O)(=O)c2cc(C(=O)N[C@H](C)c3ccc4c(c3)CCCC4)ccc2Cl)cc1. The van der Waals surface area contributed by atoms with Gasteiger partial charge in [-0.25, -0.2) is 8.42 Å². The Morgan fingerprint density at radius 2 is 1.64 bits per heavy atom. The van der Waals surface area contributed by atoms with Crippen molar-refractivity contribution in [2.75, 3.05) is 4.72 Å². The highest BCUT2D eigenvalue weighted by Gasteiger charge is 2.21. The molecule has 2 N–H and O–H groups in total. The predicted molar refractivity (Wildman–Crippen MR) is 132 cm³/mol. The fourth-order valence-electron chi connectivity index (χ4n) is 4.07. The van der Waals surface area contributed by atoms with Gasteiger partial charge in [0.2, 0.25) is 0 Å². The largest absolute Gasteiger partial charge is 0.346 e. The van der Waals surface area contributed by atoms with Gasteiger partial charge in [0.05, 0.1) is 11.1 Å². The van der Waals surface area contributed by atoms with Gasteiger partial charge in [-0.1, -0.05) is 47.5 Å². The first kappa shape index (κ1) is 23.3. The number of amides is 1. The third-order valence-electron chi connectivity index (χ3n) is 6.01. The van der Waals surface area contributed by atoms with Crippen molar-refractivity contribution in [2.45, 2.75) is 50.5 Å². The van der Waals surface area contributed by atoms with Crippen LogP contribution in [0.3, 0.4) is 0 Å². The first-order valence-corrected chi connectivity index (χ1v) is 12.9. The molecule has 0 spiro atoms. The summed E-state index contributed by atoms with van der Waals surface area (Å²) in [5, 5.41) is 3.03. The molecule has 0 radical (unpaired) electrons. The van der Waals surface area contributed by atoms with Gasteiger partial charge in [-0.05, 0) is 86.6 Å². The second-order valence-electron chi connectivity index (χ2n) is 8.55. The molecule has 0 saturated heterocycles.